The number of hydrogen-bond donors (Lipinski definition) is 0. The van der Waals surface area contributed by atoms with E-state index in [1.54, 1.807) is 0 Å². The molecule has 2 heterocycles. The van der Waals surface area contributed by atoms with Crippen molar-refractivity contribution in [3.05, 3.63) is 42.2 Å². The Hall–Kier alpha value is -1.59. The van der Waals surface area contributed by atoms with Gasteiger partial charge in [0.1, 0.15) is 5.69 Å². The topological polar surface area (TPSA) is 36.4 Å². The van der Waals surface area contributed by atoms with Crippen molar-refractivity contribution in [3.8, 4) is 0 Å². The molecule has 0 N–H and O–H groups in total. The number of hydrogen-bond acceptors (Lipinski definition) is 4. The molecule has 1 saturated carbocycles. The number of amides is 1. The van der Waals surface area contributed by atoms with E-state index in [-0.39, 0.29) is 5.91 Å². The van der Waals surface area contributed by atoms with Gasteiger partial charge in [-0.3, -0.25) is 14.1 Å². The monoisotopic (exact) mass is 425 g/mol. The van der Waals surface area contributed by atoms with E-state index in [4.69, 9.17) is 0 Å². The van der Waals surface area contributed by atoms with Crippen molar-refractivity contribution in [2.24, 2.45) is 5.92 Å². The van der Waals surface area contributed by atoms with Crippen LogP contribution in [0.5, 0.6) is 0 Å². The molecule has 0 bridgehead atoms. The fourth-order valence-electron chi connectivity index (χ4n) is 4.84. The molecule has 2 aromatic rings. The van der Waals surface area contributed by atoms with Crippen molar-refractivity contribution in [1.82, 2.24) is 14.2 Å². The highest BCUT2D eigenvalue weighted by Gasteiger charge is 2.32. The minimum atomic E-state index is 0.129. The van der Waals surface area contributed by atoms with Crippen LogP contribution in [-0.4, -0.2) is 51.5 Å². The largest absolute Gasteiger partial charge is 0.334 e. The lowest BCUT2D eigenvalue weighted by Crippen LogP contribution is -2.48. The van der Waals surface area contributed by atoms with Gasteiger partial charge in [-0.25, -0.2) is 0 Å². The van der Waals surface area contributed by atoms with Gasteiger partial charge in [-0.05, 0) is 49.5 Å². The quantitative estimate of drug-likeness (QED) is 0.397. The number of piperidine rings is 1. The number of benzene rings is 1. The third-order valence-corrected chi connectivity index (χ3v) is 7.88. The fourth-order valence-corrected chi connectivity index (χ4v) is 5.98. The van der Waals surface area contributed by atoms with Gasteiger partial charge in [0, 0.05) is 43.0 Å². The first-order valence-corrected chi connectivity index (χ1v) is 12.7. The van der Waals surface area contributed by atoms with Crippen LogP contribution >= 0.6 is 11.9 Å². The van der Waals surface area contributed by atoms with Crippen LogP contribution in [0.3, 0.4) is 0 Å². The summed E-state index contributed by atoms with van der Waals surface area (Å²) >= 11 is 1.99. The molecule has 0 unspecified atom stereocenters. The number of rotatable bonds is 8. The molecule has 2 fully saturated rings. The SMILES string of the molecule is CCCCSN1CCC(N(CC2CCCC2)C(=O)c2cc3ccccc3cn2)CC1. The van der Waals surface area contributed by atoms with Gasteiger partial charge in [-0.2, -0.15) is 0 Å². The Kier molecular flexibility index (Phi) is 7.67. The van der Waals surface area contributed by atoms with Gasteiger partial charge >= 0.3 is 0 Å². The van der Waals surface area contributed by atoms with E-state index in [1.807, 2.05) is 36.3 Å². The Balaban J connectivity index is 1.47. The maximum Gasteiger partial charge on any atom is 0.272 e. The summed E-state index contributed by atoms with van der Waals surface area (Å²) in [7, 11) is 0. The zero-order chi connectivity index (χ0) is 20.8. The molecule has 1 aromatic heterocycles. The van der Waals surface area contributed by atoms with Crippen LogP contribution in [-0.2, 0) is 0 Å². The molecule has 0 spiro atoms. The third kappa shape index (κ3) is 5.36. The second kappa shape index (κ2) is 10.6. The molecule has 5 heteroatoms. The summed E-state index contributed by atoms with van der Waals surface area (Å²) in [4.78, 5) is 20.4. The van der Waals surface area contributed by atoms with E-state index in [9.17, 15) is 4.79 Å². The molecule has 4 rings (SSSR count). The minimum Gasteiger partial charge on any atom is -0.334 e. The van der Waals surface area contributed by atoms with Crippen molar-refractivity contribution in [2.75, 3.05) is 25.4 Å². The highest BCUT2D eigenvalue weighted by molar-refractivity contribution is 7.97. The normalized spacial score (nSPS) is 18.8. The van der Waals surface area contributed by atoms with Crippen LogP contribution in [0.2, 0.25) is 0 Å². The standard InChI is InChI=1S/C25H35N3OS/c1-2-3-16-30-27-14-12-23(13-15-27)28(19-20-8-4-5-9-20)25(29)24-17-21-10-6-7-11-22(21)18-26-24/h6-7,10-11,17-18,20,23H,2-5,8-9,12-16,19H2,1H3. The van der Waals surface area contributed by atoms with E-state index >= 15 is 0 Å². The van der Waals surface area contributed by atoms with Crippen LogP contribution in [0.25, 0.3) is 10.8 Å². The zero-order valence-corrected chi connectivity index (χ0v) is 19.1. The van der Waals surface area contributed by atoms with Crippen LogP contribution < -0.4 is 0 Å². The third-order valence-electron chi connectivity index (χ3n) is 6.68. The second-order valence-electron chi connectivity index (χ2n) is 8.87. The van der Waals surface area contributed by atoms with Gasteiger partial charge in [0.05, 0.1) is 0 Å². The smallest absolute Gasteiger partial charge is 0.272 e. The van der Waals surface area contributed by atoms with Crippen molar-refractivity contribution in [3.63, 3.8) is 0 Å². The summed E-state index contributed by atoms with van der Waals surface area (Å²) in [6.45, 7) is 5.32. The Bertz CT molecular complexity index is 828. The summed E-state index contributed by atoms with van der Waals surface area (Å²) in [6, 6.07) is 10.5. The zero-order valence-electron chi connectivity index (χ0n) is 18.3. The Morgan fingerprint density at radius 2 is 1.87 bits per heavy atom. The van der Waals surface area contributed by atoms with Gasteiger partial charge in [-0.15, -0.1) is 0 Å². The lowest BCUT2D eigenvalue weighted by molar-refractivity contribution is 0.0573. The van der Waals surface area contributed by atoms with Crippen LogP contribution in [0, 0.1) is 5.92 Å². The van der Waals surface area contributed by atoms with Crippen molar-refractivity contribution in [2.45, 2.75) is 64.3 Å². The van der Waals surface area contributed by atoms with Crippen LogP contribution in [0.15, 0.2) is 36.5 Å². The summed E-state index contributed by atoms with van der Waals surface area (Å²) in [5.41, 5.74) is 0.603. The van der Waals surface area contributed by atoms with Crippen molar-refractivity contribution < 1.29 is 4.79 Å². The summed E-state index contributed by atoms with van der Waals surface area (Å²) in [6.07, 6.45) is 11.7. The maximum absolute atomic E-state index is 13.6. The van der Waals surface area contributed by atoms with Gasteiger partial charge in [0.15, 0.2) is 0 Å². The van der Waals surface area contributed by atoms with E-state index in [2.05, 4.69) is 33.2 Å². The average molecular weight is 426 g/mol. The average Bonchev–Trinajstić information content (AvgIpc) is 3.31. The Morgan fingerprint density at radius 1 is 1.13 bits per heavy atom. The number of pyridine rings is 1. The van der Waals surface area contributed by atoms with Crippen LogP contribution in [0.1, 0.15) is 68.8 Å². The molecule has 1 aliphatic heterocycles. The summed E-state index contributed by atoms with van der Waals surface area (Å²) < 4.78 is 2.51. The molecule has 30 heavy (non-hydrogen) atoms. The lowest BCUT2D eigenvalue weighted by atomic mass is 10.00. The molecule has 1 aromatic carbocycles. The molecule has 1 aliphatic carbocycles. The number of fused-ring (bicyclic) bond motifs is 1. The molecular weight excluding hydrogens is 390 g/mol. The highest BCUT2D eigenvalue weighted by Crippen LogP contribution is 2.30. The minimum absolute atomic E-state index is 0.129. The van der Waals surface area contributed by atoms with E-state index in [0.29, 0.717) is 17.7 Å². The highest BCUT2D eigenvalue weighted by atomic mass is 32.2. The summed E-state index contributed by atoms with van der Waals surface area (Å²) in [5.74, 6) is 2.00. The molecule has 4 nitrogen and oxygen atoms in total. The van der Waals surface area contributed by atoms with Gasteiger partial charge < -0.3 is 4.90 Å². The molecule has 0 atom stereocenters. The molecule has 0 radical (unpaired) electrons. The maximum atomic E-state index is 13.6. The Labute approximate surface area is 185 Å². The lowest BCUT2D eigenvalue weighted by Gasteiger charge is -2.39. The van der Waals surface area contributed by atoms with Crippen molar-refractivity contribution in [1.29, 1.82) is 0 Å². The number of nitrogens with zero attached hydrogens (tertiary/aromatic N) is 3. The molecule has 162 valence electrons. The second-order valence-corrected chi connectivity index (χ2v) is 10.1. The number of aromatic nitrogens is 1. The van der Waals surface area contributed by atoms with Gasteiger partial charge in [-0.1, -0.05) is 62.4 Å². The molecule has 2 aliphatic rings. The van der Waals surface area contributed by atoms with E-state index < -0.39 is 0 Å². The number of carbonyl (C=O) groups excluding carboxylic acids is 1. The first-order valence-electron chi connectivity index (χ1n) is 11.8. The van der Waals surface area contributed by atoms with E-state index in [1.165, 1.54) is 44.3 Å². The predicted molar refractivity (Wildman–Crippen MR) is 127 cm³/mol. The van der Waals surface area contributed by atoms with Crippen LogP contribution in [0.4, 0.5) is 0 Å². The van der Waals surface area contributed by atoms with E-state index in [0.717, 1.165) is 43.2 Å². The van der Waals surface area contributed by atoms with Crippen molar-refractivity contribution >= 4 is 28.6 Å². The molecule has 1 amide bonds. The van der Waals surface area contributed by atoms with Gasteiger partial charge in [0.25, 0.3) is 5.91 Å². The molecular formula is C25H35N3OS. The fraction of sp³-hybridized carbons (Fsp3) is 0.600. The Morgan fingerprint density at radius 3 is 2.60 bits per heavy atom. The molecule has 1 saturated heterocycles. The summed E-state index contributed by atoms with van der Waals surface area (Å²) in [5, 5.41) is 2.19. The number of carbonyl (C=O) groups is 1. The number of unbranched alkanes of at least 4 members (excludes halogenated alkanes) is 1. The van der Waals surface area contributed by atoms with Gasteiger partial charge in [0.2, 0.25) is 0 Å². The first kappa shape index (κ1) is 21.6. The first-order chi connectivity index (χ1) is 14.7. The predicted octanol–water partition coefficient (Wildman–Crippen LogP) is 5.78.